The van der Waals surface area contributed by atoms with Crippen molar-refractivity contribution >= 4 is 17.8 Å². The summed E-state index contributed by atoms with van der Waals surface area (Å²) < 4.78 is 5.32. The Kier molecular flexibility index (Phi) is 5.46. The maximum Gasteiger partial charge on any atom is 0.176 e. The molecule has 2 aromatic rings. The van der Waals surface area contributed by atoms with E-state index < -0.39 is 0 Å². The van der Waals surface area contributed by atoms with E-state index in [0.717, 1.165) is 11.1 Å². The quantitative estimate of drug-likeness (QED) is 0.633. The Bertz CT molecular complexity index is 615. The maximum atomic E-state index is 9.76. The minimum Gasteiger partial charge on any atom is -0.503 e. The lowest BCUT2D eigenvalue weighted by molar-refractivity contribution is 0.318. The van der Waals surface area contributed by atoms with Crippen LogP contribution in [0.15, 0.2) is 47.6 Å². The summed E-state index contributed by atoms with van der Waals surface area (Å²) in [5.41, 5.74) is 4.86. The second-order valence-electron chi connectivity index (χ2n) is 4.36. The third-order valence-electron chi connectivity index (χ3n) is 2.78. The monoisotopic (exact) mass is 304 g/mol. The zero-order chi connectivity index (χ0) is 15.1. The van der Waals surface area contributed by atoms with Gasteiger partial charge in [-0.2, -0.15) is 5.10 Å². The van der Waals surface area contributed by atoms with Crippen LogP contribution in [-0.4, -0.2) is 17.9 Å². The predicted molar refractivity (Wildman–Crippen MR) is 85.2 cm³/mol. The van der Waals surface area contributed by atoms with E-state index in [1.54, 1.807) is 18.3 Å². The second-order valence-corrected chi connectivity index (χ2v) is 4.77. The van der Waals surface area contributed by atoms with Crippen molar-refractivity contribution in [3.63, 3.8) is 0 Å². The van der Waals surface area contributed by atoms with Crippen molar-refractivity contribution in [2.75, 3.05) is 6.61 Å². The molecule has 0 unspecified atom stereocenters. The van der Waals surface area contributed by atoms with Gasteiger partial charge in [-0.25, -0.2) is 0 Å². The molecule has 0 radical (unpaired) electrons. The van der Waals surface area contributed by atoms with Gasteiger partial charge in [0.25, 0.3) is 0 Å². The van der Waals surface area contributed by atoms with Gasteiger partial charge in [0.15, 0.2) is 11.5 Å². The van der Waals surface area contributed by atoms with Crippen molar-refractivity contribution < 1.29 is 9.84 Å². The molecular weight excluding hydrogens is 288 g/mol. The molecule has 2 rings (SSSR count). The number of hydrazone groups is 1. The average molecular weight is 305 g/mol. The Labute approximate surface area is 129 Å². The largest absolute Gasteiger partial charge is 0.503 e. The van der Waals surface area contributed by atoms with Crippen molar-refractivity contribution in [3.05, 3.63) is 58.6 Å². The van der Waals surface area contributed by atoms with Gasteiger partial charge in [0.05, 0.1) is 24.4 Å². The van der Waals surface area contributed by atoms with Crippen molar-refractivity contribution in [2.24, 2.45) is 5.10 Å². The SMILES string of the molecule is CCOc1cc(C=NNCc2ccccc2)cc(Cl)c1O. The number of benzene rings is 2. The summed E-state index contributed by atoms with van der Waals surface area (Å²) in [7, 11) is 0. The highest BCUT2D eigenvalue weighted by molar-refractivity contribution is 6.32. The van der Waals surface area contributed by atoms with Gasteiger partial charge < -0.3 is 15.3 Å². The lowest BCUT2D eigenvalue weighted by Crippen LogP contribution is -2.05. The summed E-state index contributed by atoms with van der Waals surface area (Å²) in [4.78, 5) is 0. The summed E-state index contributed by atoms with van der Waals surface area (Å²) in [6.07, 6.45) is 1.64. The summed E-state index contributed by atoms with van der Waals surface area (Å²) in [6.45, 7) is 2.94. The van der Waals surface area contributed by atoms with Crippen LogP contribution in [0.3, 0.4) is 0 Å². The highest BCUT2D eigenvalue weighted by Crippen LogP contribution is 2.34. The van der Waals surface area contributed by atoms with Gasteiger partial charge in [0, 0.05) is 0 Å². The Morgan fingerprint density at radius 1 is 1.29 bits per heavy atom. The minimum atomic E-state index is -0.0482. The molecule has 4 nitrogen and oxygen atoms in total. The molecular formula is C16H17ClN2O2. The molecule has 0 saturated carbocycles. The first kappa shape index (κ1) is 15.2. The number of rotatable bonds is 6. The normalized spacial score (nSPS) is 10.8. The summed E-state index contributed by atoms with van der Waals surface area (Å²) >= 11 is 5.95. The smallest absolute Gasteiger partial charge is 0.176 e. The Balaban J connectivity index is 2.00. The number of ether oxygens (including phenoxy) is 1. The van der Waals surface area contributed by atoms with Crippen LogP contribution in [0.2, 0.25) is 5.02 Å². The highest BCUT2D eigenvalue weighted by atomic mass is 35.5. The average Bonchev–Trinajstić information content (AvgIpc) is 2.50. The Hall–Kier alpha value is -2.20. The lowest BCUT2D eigenvalue weighted by atomic mass is 10.2. The highest BCUT2D eigenvalue weighted by Gasteiger charge is 2.08. The van der Waals surface area contributed by atoms with Crippen molar-refractivity contribution in [1.29, 1.82) is 0 Å². The van der Waals surface area contributed by atoms with E-state index in [2.05, 4.69) is 10.5 Å². The molecule has 0 bridgehead atoms. The number of hydrogen-bond acceptors (Lipinski definition) is 4. The molecule has 0 aliphatic rings. The number of phenolic OH excluding ortho intramolecular Hbond substituents is 1. The molecule has 0 amide bonds. The molecule has 21 heavy (non-hydrogen) atoms. The fourth-order valence-corrected chi connectivity index (χ4v) is 2.01. The molecule has 5 heteroatoms. The van der Waals surface area contributed by atoms with Gasteiger partial charge in [0.1, 0.15) is 0 Å². The van der Waals surface area contributed by atoms with Gasteiger partial charge >= 0.3 is 0 Å². The molecule has 0 heterocycles. The standard InChI is InChI=1S/C16H17ClN2O2/c1-2-21-15-9-13(8-14(17)16(15)20)11-19-18-10-12-6-4-3-5-7-12/h3-9,11,18,20H,2,10H2,1H3. The zero-order valence-electron chi connectivity index (χ0n) is 11.7. The van der Waals surface area contributed by atoms with Crippen LogP contribution in [0.5, 0.6) is 11.5 Å². The molecule has 0 saturated heterocycles. The number of nitrogens with one attached hydrogen (secondary N) is 1. The molecule has 0 aliphatic carbocycles. The molecule has 0 aromatic heterocycles. The number of halogens is 1. The zero-order valence-corrected chi connectivity index (χ0v) is 12.5. The number of phenols is 1. The van der Waals surface area contributed by atoms with Crippen LogP contribution >= 0.6 is 11.6 Å². The number of nitrogens with zero attached hydrogens (tertiary/aromatic N) is 1. The first-order valence-electron chi connectivity index (χ1n) is 6.66. The first-order chi connectivity index (χ1) is 10.2. The lowest BCUT2D eigenvalue weighted by Gasteiger charge is -2.08. The fourth-order valence-electron chi connectivity index (χ4n) is 1.79. The van der Waals surface area contributed by atoms with Crippen molar-refractivity contribution in [2.45, 2.75) is 13.5 Å². The summed E-state index contributed by atoms with van der Waals surface area (Å²) in [6, 6.07) is 13.3. The van der Waals surface area contributed by atoms with E-state index in [1.165, 1.54) is 0 Å². The van der Waals surface area contributed by atoms with Gasteiger partial charge in [-0.15, -0.1) is 0 Å². The van der Waals surface area contributed by atoms with E-state index in [9.17, 15) is 5.11 Å². The van der Waals surface area contributed by atoms with E-state index in [1.807, 2.05) is 37.3 Å². The van der Waals surface area contributed by atoms with E-state index in [4.69, 9.17) is 16.3 Å². The second kappa shape index (κ2) is 7.55. The molecule has 0 fully saturated rings. The predicted octanol–water partition coefficient (Wildman–Crippen LogP) is 3.57. The third-order valence-corrected chi connectivity index (χ3v) is 3.07. The van der Waals surface area contributed by atoms with Crippen LogP contribution in [0.4, 0.5) is 0 Å². The van der Waals surface area contributed by atoms with Crippen LogP contribution in [0.25, 0.3) is 0 Å². The van der Waals surface area contributed by atoms with Gasteiger partial charge in [-0.1, -0.05) is 41.9 Å². The molecule has 2 N–H and O–H groups in total. The first-order valence-corrected chi connectivity index (χ1v) is 7.03. The van der Waals surface area contributed by atoms with Crippen LogP contribution in [0.1, 0.15) is 18.1 Å². The Morgan fingerprint density at radius 3 is 2.76 bits per heavy atom. The van der Waals surface area contributed by atoms with Crippen LogP contribution in [-0.2, 0) is 6.54 Å². The van der Waals surface area contributed by atoms with Gasteiger partial charge in [0.2, 0.25) is 0 Å². The summed E-state index contributed by atoms with van der Waals surface area (Å²) in [5, 5.41) is 14.1. The van der Waals surface area contributed by atoms with E-state index >= 15 is 0 Å². The van der Waals surface area contributed by atoms with Crippen molar-refractivity contribution in [1.82, 2.24) is 5.43 Å². The van der Waals surface area contributed by atoms with E-state index in [-0.39, 0.29) is 10.8 Å². The minimum absolute atomic E-state index is 0.0482. The fraction of sp³-hybridized carbons (Fsp3) is 0.188. The topological polar surface area (TPSA) is 53.8 Å². The molecule has 0 atom stereocenters. The number of aromatic hydroxyl groups is 1. The van der Waals surface area contributed by atoms with Gasteiger partial charge in [-0.05, 0) is 30.2 Å². The van der Waals surface area contributed by atoms with Crippen LogP contribution in [0, 0.1) is 0 Å². The molecule has 110 valence electrons. The van der Waals surface area contributed by atoms with E-state index in [0.29, 0.717) is 18.9 Å². The Morgan fingerprint density at radius 2 is 2.05 bits per heavy atom. The molecule has 0 aliphatic heterocycles. The molecule has 2 aromatic carbocycles. The van der Waals surface area contributed by atoms with Gasteiger partial charge in [-0.3, -0.25) is 0 Å². The summed E-state index contributed by atoms with van der Waals surface area (Å²) in [5.74, 6) is 0.308. The molecule has 0 spiro atoms. The maximum absolute atomic E-state index is 9.76. The number of hydrogen-bond donors (Lipinski definition) is 2. The van der Waals surface area contributed by atoms with Crippen molar-refractivity contribution in [3.8, 4) is 11.5 Å². The third kappa shape index (κ3) is 4.39. The van der Waals surface area contributed by atoms with Crippen LogP contribution < -0.4 is 10.2 Å².